The van der Waals surface area contributed by atoms with E-state index in [1.165, 1.54) is 31.4 Å². The van der Waals surface area contributed by atoms with Crippen LogP contribution in [-0.4, -0.2) is 28.9 Å². The zero-order valence-corrected chi connectivity index (χ0v) is 17.5. The third-order valence-corrected chi connectivity index (χ3v) is 5.04. The van der Waals surface area contributed by atoms with Crippen LogP contribution in [0.3, 0.4) is 0 Å². The molecule has 0 bridgehead atoms. The van der Waals surface area contributed by atoms with Crippen LogP contribution in [-0.2, 0) is 11.3 Å². The van der Waals surface area contributed by atoms with Gasteiger partial charge in [0, 0.05) is 23.2 Å². The summed E-state index contributed by atoms with van der Waals surface area (Å²) < 4.78 is 11.0. The maximum Gasteiger partial charge on any atom is 0.329 e. The van der Waals surface area contributed by atoms with E-state index in [1.54, 1.807) is 36.4 Å². The number of nitro benzene ring substituents is 1. The minimum Gasteiger partial charge on any atom is -0.496 e. The first-order valence-electron chi connectivity index (χ1n) is 9.37. The number of carbonyl (C=O) groups is 2. The zero-order chi connectivity index (χ0) is 22.8. The summed E-state index contributed by atoms with van der Waals surface area (Å²) >= 11 is 5.87. The van der Waals surface area contributed by atoms with Crippen LogP contribution in [0.5, 0.6) is 5.75 Å². The average molecular weight is 454 g/mol. The van der Waals surface area contributed by atoms with Crippen LogP contribution in [0.25, 0.3) is 17.4 Å². The molecule has 0 atom stereocenters. The van der Waals surface area contributed by atoms with E-state index in [1.807, 2.05) is 0 Å². The van der Waals surface area contributed by atoms with Crippen molar-refractivity contribution in [1.82, 2.24) is 10.2 Å². The van der Waals surface area contributed by atoms with Crippen molar-refractivity contribution in [2.45, 2.75) is 6.54 Å². The van der Waals surface area contributed by atoms with Crippen LogP contribution < -0.4 is 10.1 Å². The Labute approximate surface area is 187 Å². The van der Waals surface area contributed by atoms with Gasteiger partial charge in [-0.2, -0.15) is 0 Å². The number of furan rings is 1. The molecule has 1 aliphatic heterocycles. The number of nitro groups is 1. The van der Waals surface area contributed by atoms with Gasteiger partial charge in [0.1, 0.15) is 23.0 Å². The predicted molar refractivity (Wildman–Crippen MR) is 116 cm³/mol. The van der Waals surface area contributed by atoms with Crippen molar-refractivity contribution in [3.05, 3.63) is 86.8 Å². The Balaban J connectivity index is 1.58. The van der Waals surface area contributed by atoms with Crippen LogP contribution in [0, 0.1) is 10.1 Å². The van der Waals surface area contributed by atoms with Crippen LogP contribution in [0.4, 0.5) is 10.5 Å². The molecule has 0 radical (unpaired) electrons. The van der Waals surface area contributed by atoms with Crippen LogP contribution in [0.2, 0.25) is 5.02 Å². The number of non-ortho nitro benzene ring substituents is 1. The Morgan fingerprint density at radius 2 is 1.91 bits per heavy atom. The molecule has 1 saturated heterocycles. The molecule has 2 aromatic carbocycles. The zero-order valence-electron chi connectivity index (χ0n) is 16.7. The van der Waals surface area contributed by atoms with E-state index in [0.29, 0.717) is 22.1 Å². The largest absolute Gasteiger partial charge is 0.496 e. The van der Waals surface area contributed by atoms with Crippen molar-refractivity contribution in [1.29, 1.82) is 0 Å². The van der Waals surface area contributed by atoms with E-state index in [0.717, 1.165) is 10.5 Å². The molecule has 9 nitrogen and oxygen atoms in total. The summed E-state index contributed by atoms with van der Waals surface area (Å²) in [6.07, 6.45) is 1.40. The van der Waals surface area contributed by atoms with Gasteiger partial charge in [-0.15, -0.1) is 0 Å². The van der Waals surface area contributed by atoms with E-state index in [4.69, 9.17) is 20.8 Å². The Kier molecular flexibility index (Phi) is 5.65. The molecule has 0 unspecified atom stereocenters. The highest BCUT2D eigenvalue weighted by Gasteiger charge is 2.33. The van der Waals surface area contributed by atoms with Crippen LogP contribution in [0.15, 0.2) is 64.7 Å². The van der Waals surface area contributed by atoms with Gasteiger partial charge in [0.25, 0.3) is 11.6 Å². The van der Waals surface area contributed by atoms with Crippen molar-refractivity contribution in [2.75, 3.05) is 7.11 Å². The highest BCUT2D eigenvalue weighted by Crippen LogP contribution is 2.35. The van der Waals surface area contributed by atoms with Gasteiger partial charge in [0.05, 0.1) is 24.1 Å². The smallest absolute Gasteiger partial charge is 0.329 e. The summed E-state index contributed by atoms with van der Waals surface area (Å²) in [5, 5.41) is 14.2. The number of nitrogens with one attached hydrogen (secondary N) is 1. The number of carbonyl (C=O) groups excluding carboxylic acids is 2. The number of ether oxygens (including phenoxy) is 1. The first kappa shape index (κ1) is 21.1. The number of nitrogens with zero attached hydrogens (tertiary/aromatic N) is 2. The highest BCUT2D eigenvalue weighted by molar-refractivity contribution is 6.30. The second-order valence-corrected chi connectivity index (χ2v) is 7.29. The second-order valence-electron chi connectivity index (χ2n) is 6.85. The molecule has 2 heterocycles. The summed E-state index contributed by atoms with van der Waals surface area (Å²) in [5.74, 6) is 0.483. The summed E-state index contributed by atoms with van der Waals surface area (Å²) in [5.41, 5.74) is 1.07. The first-order valence-corrected chi connectivity index (χ1v) is 9.75. The van der Waals surface area contributed by atoms with Crippen LogP contribution in [0.1, 0.15) is 11.3 Å². The predicted octanol–water partition coefficient (Wildman–Crippen LogP) is 4.61. The Morgan fingerprint density at radius 3 is 2.59 bits per heavy atom. The Bertz CT molecular complexity index is 1250. The molecule has 1 aliphatic rings. The number of urea groups is 1. The average Bonchev–Trinajstić information content (AvgIpc) is 3.35. The normalized spacial score (nSPS) is 14.7. The molecule has 10 heteroatoms. The lowest BCUT2D eigenvalue weighted by Crippen LogP contribution is -2.30. The van der Waals surface area contributed by atoms with Gasteiger partial charge < -0.3 is 14.5 Å². The number of halogens is 1. The number of amides is 3. The molecule has 1 N–H and O–H groups in total. The topological polar surface area (TPSA) is 115 Å². The molecule has 0 aliphatic carbocycles. The molecule has 3 amide bonds. The number of benzene rings is 2. The molecule has 4 rings (SSSR count). The van der Waals surface area contributed by atoms with Gasteiger partial charge in [-0.25, -0.2) is 4.79 Å². The summed E-state index contributed by atoms with van der Waals surface area (Å²) in [6, 6.07) is 13.6. The lowest BCUT2D eigenvalue weighted by Gasteiger charge is -2.11. The van der Waals surface area contributed by atoms with Gasteiger partial charge >= 0.3 is 6.03 Å². The molecular formula is C22H16ClN3O6. The lowest BCUT2D eigenvalue weighted by atomic mass is 10.1. The number of hydrogen-bond donors (Lipinski definition) is 1. The minimum absolute atomic E-state index is 0.0517. The monoisotopic (exact) mass is 453 g/mol. The molecule has 1 fully saturated rings. The number of rotatable bonds is 6. The van der Waals surface area contributed by atoms with Gasteiger partial charge in [0.2, 0.25) is 0 Å². The third kappa shape index (κ3) is 4.19. The lowest BCUT2D eigenvalue weighted by molar-refractivity contribution is -0.384. The molecule has 3 aromatic rings. The van der Waals surface area contributed by atoms with E-state index in [2.05, 4.69) is 5.32 Å². The van der Waals surface area contributed by atoms with Crippen molar-refractivity contribution in [3.8, 4) is 17.1 Å². The number of hydrogen-bond acceptors (Lipinski definition) is 6. The van der Waals surface area contributed by atoms with E-state index in [9.17, 15) is 19.7 Å². The fourth-order valence-corrected chi connectivity index (χ4v) is 3.33. The van der Waals surface area contributed by atoms with Gasteiger partial charge in [0.15, 0.2) is 0 Å². The molecule has 162 valence electrons. The van der Waals surface area contributed by atoms with Crippen LogP contribution >= 0.6 is 11.6 Å². The van der Waals surface area contributed by atoms with Gasteiger partial charge in [-0.05, 0) is 35.9 Å². The van der Waals surface area contributed by atoms with E-state index < -0.39 is 16.9 Å². The van der Waals surface area contributed by atoms with E-state index >= 15 is 0 Å². The standard InChI is InChI=1S/C22H16ClN3O6/c1-31-19-8-6-15(26(29)30)10-17(19)20-9-7-16(32-20)11-18-21(27)25(22(28)24-18)12-13-2-4-14(23)5-3-13/h2-11H,12H2,1H3,(H,24,28)/b18-11-. The molecule has 1 aromatic heterocycles. The quantitative estimate of drug-likeness (QED) is 0.252. The fourth-order valence-electron chi connectivity index (χ4n) is 3.21. The maximum absolute atomic E-state index is 12.7. The van der Waals surface area contributed by atoms with Gasteiger partial charge in [-0.3, -0.25) is 19.8 Å². The SMILES string of the molecule is COc1ccc([N+](=O)[O-])cc1-c1ccc(/C=C2\NC(=O)N(Cc3ccc(Cl)cc3)C2=O)o1. The Hall–Kier alpha value is -4.11. The molecule has 32 heavy (non-hydrogen) atoms. The first-order chi connectivity index (χ1) is 15.4. The number of imide groups is 1. The molecule has 0 saturated carbocycles. The molecule has 0 spiro atoms. The van der Waals surface area contributed by atoms with Crippen molar-refractivity contribution >= 4 is 35.3 Å². The summed E-state index contributed by atoms with van der Waals surface area (Å²) in [7, 11) is 1.44. The number of methoxy groups -OCH3 is 1. The van der Waals surface area contributed by atoms with Crippen molar-refractivity contribution < 1.29 is 23.7 Å². The Morgan fingerprint density at radius 1 is 1.16 bits per heavy atom. The highest BCUT2D eigenvalue weighted by atomic mass is 35.5. The van der Waals surface area contributed by atoms with Crippen molar-refractivity contribution in [3.63, 3.8) is 0 Å². The summed E-state index contributed by atoms with van der Waals surface area (Å²) in [6.45, 7) is 0.0907. The fraction of sp³-hybridized carbons (Fsp3) is 0.0909. The second kappa shape index (κ2) is 8.56. The van der Waals surface area contributed by atoms with Crippen molar-refractivity contribution in [2.24, 2.45) is 0 Å². The molecular weight excluding hydrogens is 438 g/mol. The third-order valence-electron chi connectivity index (χ3n) is 4.79. The van der Waals surface area contributed by atoms with Gasteiger partial charge in [-0.1, -0.05) is 23.7 Å². The summed E-state index contributed by atoms with van der Waals surface area (Å²) in [4.78, 5) is 36.6. The maximum atomic E-state index is 12.7. The minimum atomic E-state index is -0.552. The van der Waals surface area contributed by atoms with E-state index in [-0.39, 0.29) is 23.7 Å².